The van der Waals surface area contributed by atoms with Crippen molar-refractivity contribution in [2.45, 2.75) is 25.4 Å². The standard InChI is InChI=1S/C15H13F3N2OS/c16-15(17,18)8-3-1-4-9(7-8)20-14(21)12-10-5-2-6-11(10)22-13(12)19/h1,3-4,7H,2,5-6,19H2,(H,20,21). The predicted octanol–water partition coefficient (Wildman–Crippen LogP) is 4.09. The molecule has 7 heteroatoms. The van der Waals surface area contributed by atoms with Crippen LogP contribution in [0.3, 0.4) is 0 Å². The van der Waals surface area contributed by atoms with Gasteiger partial charge in [0.25, 0.3) is 5.91 Å². The fourth-order valence-electron chi connectivity index (χ4n) is 2.64. The van der Waals surface area contributed by atoms with Crippen LogP contribution in [0.15, 0.2) is 24.3 Å². The molecule has 3 nitrogen and oxygen atoms in total. The van der Waals surface area contributed by atoms with Crippen molar-refractivity contribution >= 4 is 27.9 Å². The zero-order valence-electron chi connectivity index (χ0n) is 11.5. The number of rotatable bonds is 2. The second kappa shape index (κ2) is 5.31. The second-order valence-corrected chi connectivity index (χ2v) is 6.27. The minimum absolute atomic E-state index is 0.108. The lowest BCUT2D eigenvalue weighted by Crippen LogP contribution is -2.15. The number of nitrogens with two attached hydrogens (primary N) is 1. The van der Waals surface area contributed by atoms with Crippen LogP contribution in [0.5, 0.6) is 0 Å². The molecule has 0 fully saturated rings. The summed E-state index contributed by atoms with van der Waals surface area (Å²) >= 11 is 1.39. The number of nitrogen functional groups attached to an aromatic ring is 1. The number of benzene rings is 1. The number of alkyl halides is 3. The quantitative estimate of drug-likeness (QED) is 0.873. The number of halogens is 3. The van der Waals surface area contributed by atoms with E-state index in [2.05, 4.69) is 5.32 Å². The predicted molar refractivity (Wildman–Crippen MR) is 80.2 cm³/mol. The molecule has 0 saturated heterocycles. The van der Waals surface area contributed by atoms with Gasteiger partial charge in [0.2, 0.25) is 0 Å². The van der Waals surface area contributed by atoms with Gasteiger partial charge in [-0.2, -0.15) is 13.2 Å². The van der Waals surface area contributed by atoms with Gasteiger partial charge >= 0.3 is 6.18 Å². The highest BCUT2D eigenvalue weighted by Crippen LogP contribution is 2.38. The lowest BCUT2D eigenvalue weighted by atomic mass is 10.1. The molecule has 0 spiro atoms. The molecule has 22 heavy (non-hydrogen) atoms. The van der Waals surface area contributed by atoms with Crippen LogP contribution in [0.4, 0.5) is 23.9 Å². The Kier molecular flexibility index (Phi) is 3.60. The van der Waals surface area contributed by atoms with Crippen molar-refractivity contribution in [2.75, 3.05) is 11.1 Å². The van der Waals surface area contributed by atoms with Gasteiger partial charge in [0.15, 0.2) is 0 Å². The fourth-order valence-corrected chi connectivity index (χ4v) is 3.80. The molecular weight excluding hydrogens is 313 g/mol. The van der Waals surface area contributed by atoms with E-state index >= 15 is 0 Å². The smallest absolute Gasteiger partial charge is 0.390 e. The molecule has 1 amide bonds. The monoisotopic (exact) mass is 326 g/mol. The molecule has 1 aliphatic rings. The Morgan fingerprint density at radius 3 is 2.77 bits per heavy atom. The molecule has 1 aromatic carbocycles. The normalized spacial score (nSPS) is 14.0. The zero-order chi connectivity index (χ0) is 15.9. The summed E-state index contributed by atoms with van der Waals surface area (Å²) in [5.41, 5.74) is 6.54. The average molecular weight is 326 g/mol. The third-order valence-electron chi connectivity index (χ3n) is 3.62. The number of hydrogen-bond donors (Lipinski definition) is 2. The number of anilines is 2. The molecule has 0 atom stereocenters. The zero-order valence-corrected chi connectivity index (χ0v) is 12.3. The van der Waals surface area contributed by atoms with Crippen LogP contribution in [0, 0.1) is 0 Å². The molecular formula is C15H13F3N2OS. The maximum absolute atomic E-state index is 12.7. The van der Waals surface area contributed by atoms with E-state index in [0.717, 1.165) is 41.8 Å². The molecule has 3 N–H and O–H groups in total. The van der Waals surface area contributed by atoms with Crippen LogP contribution in [0.2, 0.25) is 0 Å². The van der Waals surface area contributed by atoms with E-state index < -0.39 is 17.6 Å². The van der Waals surface area contributed by atoms with Crippen LogP contribution in [-0.2, 0) is 19.0 Å². The van der Waals surface area contributed by atoms with Crippen molar-refractivity contribution in [3.63, 3.8) is 0 Å². The molecule has 0 bridgehead atoms. The molecule has 0 radical (unpaired) electrons. The number of fused-ring (bicyclic) bond motifs is 1. The molecule has 0 aliphatic heterocycles. The van der Waals surface area contributed by atoms with Gasteiger partial charge in [0.05, 0.1) is 16.1 Å². The van der Waals surface area contributed by atoms with Gasteiger partial charge in [-0.1, -0.05) is 6.07 Å². The number of amides is 1. The molecule has 0 saturated carbocycles. The molecule has 116 valence electrons. The summed E-state index contributed by atoms with van der Waals surface area (Å²) in [4.78, 5) is 13.5. The lowest BCUT2D eigenvalue weighted by molar-refractivity contribution is -0.137. The van der Waals surface area contributed by atoms with Crippen molar-refractivity contribution in [1.82, 2.24) is 0 Å². The van der Waals surface area contributed by atoms with E-state index in [1.165, 1.54) is 23.5 Å². The number of hydrogen-bond acceptors (Lipinski definition) is 3. The van der Waals surface area contributed by atoms with Gasteiger partial charge in [0.1, 0.15) is 0 Å². The summed E-state index contributed by atoms with van der Waals surface area (Å²) in [6, 6.07) is 4.57. The van der Waals surface area contributed by atoms with Crippen molar-refractivity contribution in [1.29, 1.82) is 0 Å². The molecule has 1 heterocycles. The molecule has 2 aromatic rings. The number of carbonyl (C=O) groups excluding carboxylic acids is 1. The number of aryl methyl sites for hydroxylation is 1. The molecule has 1 aliphatic carbocycles. The topological polar surface area (TPSA) is 55.1 Å². The molecule has 1 aromatic heterocycles. The third-order valence-corrected chi connectivity index (χ3v) is 4.74. The fraction of sp³-hybridized carbons (Fsp3) is 0.267. The summed E-state index contributed by atoms with van der Waals surface area (Å²) in [6.07, 6.45) is -1.77. The highest BCUT2D eigenvalue weighted by molar-refractivity contribution is 7.16. The first-order chi connectivity index (χ1) is 10.4. The Morgan fingerprint density at radius 2 is 2.05 bits per heavy atom. The maximum atomic E-state index is 12.7. The van der Waals surface area contributed by atoms with Gasteiger partial charge < -0.3 is 11.1 Å². The lowest BCUT2D eigenvalue weighted by Gasteiger charge is -2.10. The summed E-state index contributed by atoms with van der Waals surface area (Å²) in [5.74, 6) is -0.448. The highest BCUT2D eigenvalue weighted by atomic mass is 32.1. The van der Waals surface area contributed by atoms with Crippen LogP contribution >= 0.6 is 11.3 Å². The minimum atomic E-state index is -4.44. The first kappa shape index (κ1) is 14.9. The molecule has 0 unspecified atom stereocenters. The van der Waals surface area contributed by atoms with Crippen LogP contribution in [-0.4, -0.2) is 5.91 Å². The van der Waals surface area contributed by atoms with E-state index in [0.29, 0.717) is 10.6 Å². The van der Waals surface area contributed by atoms with E-state index in [1.807, 2.05) is 0 Å². The third kappa shape index (κ3) is 2.68. The summed E-state index contributed by atoms with van der Waals surface area (Å²) in [6.45, 7) is 0. The van der Waals surface area contributed by atoms with Gasteiger partial charge in [0, 0.05) is 10.6 Å². The number of carbonyl (C=O) groups is 1. The van der Waals surface area contributed by atoms with Crippen LogP contribution in [0.25, 0.3) is 0 Å². The molecule has 3 rings (SSSR count). The van der Waals surface area contributed by atoms with E-state index in [9.17, 15) is 18.0 Å². The van der Waals surface area contributed by atoms with E-state index in [-0.39, 0.29) is 5.69 Å². The second-order valence-electron chi connectivity index (χ2n) is 5.13. The van der Waals surface area contributed by atoms with Gasteiger partial charge in [-0.25, -0.2) is 0 Å². The van der Waals surface area contributed by atoms with Crippen molar-refractivity contribution in [3.05, 3.63) is 45.8 Å². The van der Waals surface area contributed by atoms with Gasteiger partial charge in [-0.05, 0) is 43.0 Å². The maximum Gasteiger partial charge on any atom is 0.416 e. The summed E-state index contributed by atoms with van der Waals surface area (Å²) in [5, 5.41) is 2.94. The first-order valence-electron chi connectivity index (χ1n) is 6.75. The summed E-state index contributed by atoms with van der Waals surface area (Å²) in [7, 11) is 0. The average Bonchev–Trinajstić information content (AvgIpc) is 2.97. The number of thiophene rings is 1. The van der Waals surface area contributed by atoms with Crippen LogP contribution in [0.1, 0.15) is 32.8 Å². The Bertz CT molecular complexity index is 737. The van der Waals surface area contributed by atoms with Gasteiger partial charge in [-0.3, -0.25) is 4.79 Å². The number of nitrogens with one attached hydrogen (secondary N) is 1. The van der Waals surface area contributed by atoms with Crippen molar-refractivity contribution in [2.24, 2.45) is 0 Å². The van der Waals surface area contributed by atoms with Crippen LogP contribution < -0.4 is 11.1 Å². The first-order valence-corrected chi connectivity index (χ1v) is 7.56. The Balaban J connectivity index is 1.87. The SMILES string of the molecule is Nc1sc2c(c1C(=O)Nc1cccc(C(F)(F)F)c1)CCC2. The largest absolute Gasteiger partial charge is 0.416 e. The highest BCUT2D eigenvalue weighted by Gasteiger charge is 2.31. The summed E-state index contributed by atoms with van der Waals surface area (Å²) < 4.78 is 38.1. The van der Waals surface area contributed by atoms with Crippen molar-refractivity contribution < 1.29 is 18.0 Å². The van der Waals surface area contributed by atoms with Crippen molar-refractivity contribution in [3.8, 4) is 0 Å². The Labute approximate surface area is 128 Å². The van der Waals surface area contributed by atoms with E-state index in [4.69, 9.17) is 5.73 Å². The van der Waals surface area contributed by atoms with E-state index in [1.54, 1.807) is 0 Å². The Hall–Kier alpha value is -2.02. The minimum Gasteiger partial charge on any atom is -0.390 e. The van der Waals surface area contributed by atoms with Gasteiger partial charge in [-0.15, -0.1) is 11.3 Å². The Morgan fingerprint density at radius 1 is 1.27 bits per heavy atom.